The zero-order chi connectivity index (χ0) is 28.2. The van der Waals surface area contributed by atoms with Gasteiger partial charge in [-0.2, -0.15) is 4.98 Å². The Morgan fingerprint density at radius 2 is 1.73 bits per heavy atom. The first kappa shape index (κ1) is 27.5. The number of aryl methyl sites for hydroxylation is 1. The van der Waals surface area contributed by atoms with Crippen molar-refractivity contribution in [1.82, 2.24) is 14.8 Å². The third kappa shape index (κ3) is 6.05. The van der Waals surface area contributed by atoms with Crippen molar-refractivity contribution >= 4 is 46.9 Å². The molecule has 2 heterocycles. The van der Waals surface area contributed by atoms with E-state index >= 15 is 0 Å². The highest BCUT2D eigenvalue weighted by Gasteiger charge is 2.34. The minimum absolute atomic E-state index is 0.282. The highest BCUT2D eigenvalue weighted by atomic mass is 35.5. The molecule has 0 unspecified atom stereocenters. The third-order valence-electron chi connectivity index (χ3n) is 6.41. The minimum Gasteiger partial charge on any atom is -0.462 e. The Morgan fingerprint density at radius 3 is 2.40 bits per heavy atom. The van der Waals surface area contributed by atoms with Crippen LogP contribution in [0.2, 0.25) is 5.02 Å². The Morgan fingerprint density at radius 1 is 1.02 bits per heavy atom. The van der Waals surface area contributed by atoms with E-state index in [9.17, 15) is 9.59 Å². The highest BCUT2D eigenvalue weighted by Crippen LogP contribution is 2.37. The predicted octanol–water partition coefficient (Wildman–Crippen LogP) is 6.64. The average Bonchev–Trinajstić information content (AvgIpc) is 3.35. The van der Waals surface area contributed by atoms with Crippen LogP contribution in [0.4, 0.5) is 11.6 Å². The van der Waals surface area contributed by atoms with E-state index in [1.807, 2.05) is 62.4 Å². The summed E-state index contributed by atoms with van der Waals surface area (Å²) in [6.07, 6.45) is 0. The summed E-state index contributed by atoms with van der Waals surface area (Å²) in [6.45, 7) is 5.93. The number of thioether (sulfide) groups is 1. The Kier molecular flexibility index (Phi) is 8.23. The lowest BCUT2D eigenvalue weighted by molar-refractivity contribution is -0.113. The van der Waals surface area contributed by atoms with E-state index in [-0.39, 0.29) is 5.91 Å². The van der Waals surface area contributed by atoms with Gasteiger partial charge in [-0.3, -0.25) is 4.79 Å². The second-order valence-electron chi connectivity index (χ2n) is 9.31. The number of anilines is 2. The number of hydrogen-bond donors (Lipinski definition) is 2. The largest absolute Gasteiger partial charge is 0.462 e. The van der Waals surface area contributed by atoms with E-state index in [2.05, 4.69) is 10.6 Å². The molecule has 0 saturated heterocycles. The average molecular weight is 574 g/mol. The number of allylic oxidation sites excluding steroid dienone is 1. The number of amides is 1. The predicted molar refractivity (Wildman–Crippen MR) is 158 cm³/mol. The molecular formula is C30H28ClN5O3S. The Bertz CT molecular complexity index is 1560. The van der Waals surface area contributed by atoms with Gasteiger partial charge in [0.15, 0.2) is 0 Å². The van der Waals surface area contributed by atoms with Crippen molar-refractivity contribution in [3.63, 3.8) is 0 Å². The molecule has 2 N–H and O–H groups in total. The van der Waals surface area contributed by atoms with Crippen LogP contribution in [0.15, 0.2) is 89.2 Å². The maximum Gasteiger partial charge on any atom is 0.338 e. The Hall–Kier alpha value is -4.08. The minimum atomic E-state index is -0.493. The molecule has 3 aromatic carbocycles. The van der Waals surface area contributed by atoms with Gasteiger partial charge in [-0.25, -0.2) is 9.48 Å². The van der Waals surface area contributed by atoms with Gasteiger partial charge in [0.05, 0.1) is 17.7 Å². The molecule has 204 valence electrons. The topological polar surface area (TPSA) is 98.1 Å². The van der Waals surface area contributed by atoms with Crippen molar-refractivity contribution in [2.75, 3.05) is 17.2 Å². The van der Waals surface area contributed by atoms with Crippen LogP contribution in [0.5, 0.6) is 0 Å². The lowest BCUT2D eigenvalue weighted by Crippen LogP contribution is -2.31. The van der Waals surface area contributed by atoms with Crippen molar-refractivity contribution in [3.05, 3.63) is 111 Å². The number of nitrogens with one attached hydrogen (secondary N) is 2. The third-order valence-corrected chi connectivity index (χ3v) is 7.57. The van der Waals surface area contributed by atoms with Gasteiger partial charge in [-0.05, 0) is 68.3 Å². The van der Waals surface area contributed by atoms with Gasteiger partial charge in [-0.1, -0.05) is 65.3 Å². The molecule has 40 heavy (non-hydrogen) atoms. The number of hydrogen-bond acceptors (Lipinski definition) is 7. The number of benzene rings is 3. The van der Waals surface area contributed by atoms with E-state index in [4.69, 9.17) is 26.4 Å². The maximum absolute atomic E-state index is 13.7. The number of ether oxygens (including phenoxy) is 1. The molecule has 0 aliphatic carbocycles. The maximum atomic E-state index is 13.7. The van der Waals surface area contributed by atoms with E-state index < -0.39 is 12.0 Å². The fourth-order valence-corrected chi connectivity index (χ4v) is 5.29. The zero-order valence-electron chi connectivity index (χ0n) is 22.3. The van der Waals surface area contributed by atoms with Crippen LogP contribution < -0.4 is 10.6 Å². The van der Waals surface area contributed by atoms with Crippen LogP contribution in [-0.4, -0.2) is 33.2 Å². The first-order chi connectivity index (χ1) is 19.3. The molecule has 8 nitrogen and oxygen atoms in total. The first-order valence-corrected chi connectivity index (χ1v) is 14.2. The summed E-state index contributed by atoms with van der Waals surface area (Å²) in [4.78, 5) is 30.4. The first-order valence-electron chi connectivity index (χ1n) is 12.8. The Labute approximate surface area is 241 Å². The van der Waals surface area contributed by atoms with Crippen LogP contribution in [0.3, 0.4) is 0 Å². The number of esters is 1. The molecule has 0 fully saturated rings. The number of carbonyl (C=O) groups excluding carboxylic acids is 2. The number of nitrogens with zero attached hydrogens (tertiary/aromatic N) is 3. The van der Waals surface area contributed by atoms with Crippen LogP contribution >= 0.6 is 23.4 Å². The van der Waals surface area contributed by atoms with Crippen molar-refractivity contribution < 1.29 is 14.3 Å². The quantitative estimate of drug-likeness (QED) is 0.180. The summed E-state index contributed by atoms with van der Waals surface area (Å²) in [5.74, 6) is 0.559. The summed E-state index contributed by atoms with van der Waals surface area (Å²) in [5.41, 5.74) is 5.31. The van der Waals surface area contributed by atoms with Gasteiger partial charge in [-0.15, -0.1) is 5.10 Å². The monoisotopic (exact) mass is 573 g/mol. The van der Waals surface area contributed by atoms with E-state index in [0.29, 0.717) is 51.0 Å². The summed E-state index contributed by atoms with van der Waals surface area (Å²) < 4.78 is 6.81. The molecule has 0 saturated carbocycles. The SMILES string of the molecule is CCOC(=O)c1ccc(NC(=O)C2=C(C)Nc3nc(SCc4ccc(Cl)cc4)nn3[C@@H]2c2ccc(C)cc2)cc1. The van der Waals surface area contributed by atoms with Gasteiger partial charge in [0.1, 0.15) is 6.04 Å². The van der Waals surface area contributed by atoms with Crippen molar-refractivity contribution in [1.29, 1.82) is 0 Å². The smallest absolute Gasteiger partial charge is 0.338 e. The Balaban J connectivity index is 1.42. The number of rotatable bonds is 8. The molecular weight excluding hydrogens is 546 g/mol. The fourth-order valence-electron chi connectivity index (χ4n) is 4.37. The number of aromatic nitrogens is 3. The van der Waals surface area contributed by atoms with Crippen LogP contribution in [0.1, 0.15) is 46.9 Å². The number of carbonyl (C=O) groups is 2. The summed E-state index contributed by atoms with van der Waals surface area (Å²) in [6, 6.07) is 21.9. The second-order valence-corrected chi connectivity index (χ2v) is 10.7. The number of fused-ring (bicyclic) bond motifs is 1. The van der Waals surface area contributed by atoms with Gasteiger partial charge in [0.2, 0.25) is 11.1 Å². The summed E-state index contributed by atoms with van der Waals surface area (Å²) >= 11 is 7.53. The zero-order valence-corrected chi connectivity index (χ0v) is 23.8. The molecule has 0 radical (unpaired) electrons. The van der Waals surface area contributed by atoms with E-state index in [0.717, 1.165) is 16.7 Å². The number of halogens is 1. The van der Waals surface area contributed by atoms with Gasteiger partial charge >= 0.3 is 5.97 Å². The van der Waals surface area contributed by atoms with Crippen LogP contribution in [-0.2, 0) is 15.3 Å². The summed E-state index contributed by atoms with van der Waals surface area (Å²) in [5, 5.41) is 12.3. The molecule has 1 amide bonds. The fraction of sp³-hybridized carbons (Fsp3) is 0.200. The van der Waals surface area contributed by atoms with E-state index in [1.165, 1.54) is 11.8 Å². The van der Waals surface area contributed by atoms with Gasteiger partial charge < -0.3 is 15.4 Å². The molecule has 1 atom stereocenters. The molecule has 5 rings (SSSR count). The lowest BCUT2D eigenvalue weighted by Gasteiger charge is -2.28. The van der Waals surface area contributed by atoms with Gasteiger partial charge in [0.25, 0.3) is 5.91 Å². The molecule has 0 spiro atoms. The highest BCUT2D eigenvalue weighted by molar-refractivity contribution is 7.98. The van der Waals surface area contributed by atoms with Crippen LogP contribution in [0.25, 0.3) is 0 Å². The normalized spacial score (nSPS) is 14.3. The molecule has 4 aromatic rings. The standard InChI is InChI=1S/C30H28ClN5O3S/c1-4-39-28(38)22-11-15-24(16-12-22)33-27(37)25-19(3)32-29-34-30(40-17-20-7-13-23(31)14-8-20)35-36(29)26(25)21-9-5-18(2)6-10-21/h5-16,26H,4,17H2,1-3H3,(H,33,37)(H,32,34,35)/t26-/m1/s1. The summed E-state index contributed by atoms with van der Waals surface area (Å²) in [7, 11) is 0. The van der Waals surface area contributed by atoms with Crippen molar-refractivity contribution in [2.45, 2.75) is 37.7 Å². The van der Waals surface area contributed by atoms with Crippen LogP contribution in [0, 0.1) is 6.92 Å². The van der Waals surface area contributed by atoms with Gasteiger partial charge in [0, 0.05) is 22.2 Å². The molecule has 0 bridgehead atoms. The second kappa shape index (κ2) is 12.0. The van der Waals surface area contributed by atoms with E-state index in [1.54, 1.807) is 35.9 Å². The molecule has 1 aliphatic rings. The van der Waals surface area contributed by atoms with Crippen molar-refractivity contribution in [3.8, 4) is 0 Å². The van der Waals surface area contributed by atoms with Crippen molar-refractivity contribution in [2.24, 2.45) is 0 Å². The molecule has 1 aromatic heterocycles. The molecule has 1 aliphatic heterocycles. The molecule has 10 heteroatoms. The lowest BCUT2D eigenvalue weighted by atomic mass is 9.94.